The smallest absolute Gasteiger partial charge is 0.352 e. The minimum atomic E-state index is -1.96. The summed E-state index contributed by atoms with van der Waals surface area (Å²) in [4.78, 5) is 41.2. The number of benzene rings is 1. The number of hydrogen-bond acceptors (Lipinski definition) is 9. The first-order valence-electron chi connectivity index (χ1n) is 9.04. The van der Waals surface area contributed by atoms with Gasteiger partial charge in [-0.15, -0.1) is 0 Å². The van der Waals surface area contributed by atoms with E-state index in [0.29, 0.717) is 0 Å². The van der Waals surface area contributed by atoms with Gasteiger partial charge in [-0.2, -0.15) is 4.98 Å². The van der Waals surface area contributed by atoms with E-state index in [1.54, 1.807) is 30.3 Å². The number of anilines is 1. The Balaban J connectivity index is 2.18. The zero-order chi connectivity index (χ0) is 21.9. The van der Waals surface area contributed by atoms with Crippen LogP contribution in [0.2, 0.25) is 0 Å². The topological polar surface area (TPSA) is 154 Å². The van der Waals surface area contributed by atoms with Crippen LogP contribution in [-0.4, -0.2) is 57.4 Å². The molecule has 1 aromatic carbocycles. The molecule has 0 unspecified atom stereocenters. The number of esters is 1. The quantitative estimate of drug-likeness (QED) is 0.327. The van der Waals surface area contributed by atoms with E-state index < -0.39 is 42.0 Å². The highest BCUT2D eigenvalue weighted by molar-refractivity contribution is 6.01. The molecule has 0 bridgehead atoms. The lowest BCUT2D eigenvalue weighted by Gasteiger charge is -2.30. The number of carbonyl (C=O) groups excluding carboxylic acids is 2. The molecule has 1 aliphatic rings. The molecule has 1 fully saturated rings. The summed E-state index contributed by atoms with van der Waals surface area (Å²) in [5.41, 5.74) is 3.33. The molecule has 1 aromatic heterocycles. The fourth-order valence-electron chi connectivity index (χ4n) is 3.27. The summed E-state index contributed by atoms with van der Waals surface area (Å²) in [6.07, 6.45) is 0.987. The summed E-state index contributed by atoms with van der Waals surface area (Å²) >= 11 is 0. The number of ketones is 1. The van der Waals surface area contributed by atoms with Gasteiger partial charge in [0.15, 0.2) is 0 Å². The van der Waals surface area contributed by atoms with Crippen LogP contribution in [0.3, 0.4) is 0 Å². The Bertz CT molecular complexity index is 1030. The van der Waals surface area contributed by atoms with Crippen LogP contribution in [0.4, 0.5) is 5.82 Å². The number of nitrogen functional groups attached to an aromatic ring is 1. The summed E-state index contributed by atoms with van der Waals surface area (Å²) in [6.45, 7) is -0.558. The first-order chi connectivity index (χ1) is 14.3. The highest BCUT2D eigenvalue weighted by atomic mass is 16.6. The predicted molar refractivity (Wildman–Crippen MR) is 105 cm³/mol. The molecule has 4 N–H and O–H groups in total. The second-order valence-electron chi connectivity index (χ2n) is 6.68. The molecule has 0 amide bonds. The van der Waals surface area contributed by atoms with E-state index in [4.69, 9.17) is 10.5 Å². The van der Waals surface area contributed by atoms with Crippen molar-refractivity contribution < 1.29 is 29.3 Å². The van der Waals surface area contributed by atoms with Gasteiger partial charge in [0.1, 0.15) is 11.9 Å². The van der Waals surface area contributed by atoms with Gasteiger partial charge in [-0.25, -0.2) is 9.59 Å². The van der Waals surface area contributed by atoms with Crippen LogP contribution in [0.5, 0.6) is 0 Å². The Morgan fingerprint density at radius 1 is 1.40 bits per heavy atom. The number of Topliss-reactive ketones (excluding diaryl/α,β-unsaturated/α-hetero) is 1. The molecule has 10 heteroatoms. The van der Waals surface area contributed by atoms with Crippen LogP contribution in [-0.2, 0) is 20.0 Å². The number of aliphatic hydroxyl groups is 2. The van der Waals surface area contributed by atoms with Gasteiger partial charge in [-0.05, 0) is 6.08 Å². The van der Waals surface area contributed by atoms with Crippen molar-refractivity contribution in [3.8, 4) is 0 Å². The summed E-state index contributed by atoms with van der Waals surface area (Å²) < 4.78 is 11.2. The molecule has 0 aliphatic carbocycles. The number of methoxy groups -OCH3 is 1. The fraction of sp³-hybridized carbons (Fsp3) is 0.300. The van der Waals surface area contributed by atoms with Crippen molar-refractivity contribution in [3.63, 3.8) is 0 Å². The second kappa shape index (κ2) is 8.57. The largest absolute Gasteiger partial charge is 0.466 e. The van der Waals surface area contributed by atoms with E-state index in [-0.39, 0.29) is 23.4 Å². The van der Waals surface area contributed by atoms with Crippen molar-refractivity contribution >= 4 is 23.6 Å². The third-order valence-electron chi connectivity index (χ3n) is 4.81. The average Bonchev–Trinajstić information content (AvgIpc) is 3.10. The van der Waals surface area contributed by atoms with Crippen molar-refractivity contribution in [1.82, 2.24) is 9.55 Å². The Morgan fingerprint density at radius 3 is 2.70 bits per heavy atom. The SMILES string of the molecule is COC(=O)C=Cc1cn([C@@]2(C(=O)c3ccccc3)C[C@H](O)[C@@H](CO)O2)c(=O)nc1N. The van der Waals surface area contributed by atoms with Crippen molar-refractivity contribution in [2.75, 3.05) is 19.5 Å². The molecule has 2 aromatic rings. The van der Waals surface area contributed by atoms with E-state index in [1.807, 2.05) is 0 Å². The van der Waals surface area contributed by atoms with Crippen molar-refractivity contribution in [1.29, 1.82) is 0 Å². The molecule has 0 saturated carbocycles. The molecule has 158 valence electrons. The summed E-state index contributed by atoms with van der Waals surface area (Å²) in [7, 11) is 1.20. The Kier molecular flexibility index (Phi) is 6.11. The summed E-state index contributed by atoms with van der Waals surface area (Å²) in [5.74, 6) is -1.43. The van der Waals surface area contributed by atoms with E-state index in [0.717, 1.165) is 10.6 Å². The average molecular weight is 415 g/mol. The minimum absolute atomic E-state index is 0.158. The molecule has 1 aliphatic heterocycles. The van der Waals surface area contributed by atoms with E-state index in [9.17, 15) is 24.6 Å². The minimum Gasteiger partial charge on any atom is -0.466 e. The molecule has 1 saturated heterocycles. The standard InChI is InChI=1S/C20H21N3O7/c1-29-16(26)8-7-13-10-23(19(28)22-18(13)21)20(9-14(25)15(11-24)30-20)17(27)12-5-3-2-4-6-12/h2-8,10,14-15,24-25H,9,11H2,1H3,(H2,21,22,28)/t14-,15+,20-/m0/s1. The highest BCUT2D eigenvalue weighted by Crippen LogP contribution is 2.37. The number of ether oxygens (including phenoxy) is 2. The first-order valence-corrected chi connectivity index (χ1v) is 9.04. The fourth-order valence-corrected chi connectivity index (χ4v) is 3.27. The highest BCUT2D eigenvalue weighted by Gasteiger charge is 2.53. The summed E-state index contributed by atoms with van der Waals surface area (Å²) in [6, 6.07) is 8.09. The number of carbonyl (C=O) groups is 2. The van der Waals surface area contributed by atoms with E-state index >= 15 is 0 Å². The first kappa shape index (κ1) is 21.4. The molecular formula is C20H21N3O7. The maximum atomic E-state index is 13.4. The molecule has 3 atom stereocenters. The van der Waals surface area contributed by atoms with Gasteiger partial charge in [0.2, 0.25) is 11.5 Å². The van der Waals surface area contributed by atoms with Gasteiger partial charge in [-0.1, -0.05) is 30.3 Å². The van der Waals surface area contributed by atoms with E-state index in [1.165, 1.54) is 19.4 Å². The summed E-state index contributed by atoms with van der Waals surface area (Å²) in [5, 5.41) is 19.9. The molecule has 10 nitrogen and oxygen atoms in total. The number of aliphatic hydroxyl groups excluding tert-OH is 2. The lowest BCUT2D eigenvalue weighted by Crippen LogP contribution is -2.48. The Morgan fingerprint density at radius 2 is 2.10 bits per heavy atom. The maximum Gasteiger partial charge on any atom is 0.352 e. The van der Waals surface area contributed by atoms with Crippen LogP contribution >= 0.6 is 0 Å². The molecule has 0 spiro atoms. The van der Waals surface area contributed by atoms with Crippen molar-refractivity contribution in [2.24, 2.45) is 0 Å². The van der Waals surface area contributed by atoms with Crippen LogP contribution in [0.1, 0.15) is 22.3 Å². The van der Waals surface area contributed by atoms with Gasteiger partial charge in [0.25, 0.3) is 0 Å². The molecule has 30 heavy (non-hydrogen) atoms. The lowest BCUT2D eigenvalue weighted by atomic mass is 9.96. The van der Waals surface area contributed by atoms with Crippen LogP contribution in [0, 0.1) is 0 Å². The number of nitrogens with two attached hydrogens (primary N) is 1. The Hall–Kier alpha value is -3.34. The lowest BCUT2D eigenvalue weighted by molar-refractivity contribution is -0.134. The van der Waals surface area contributed by atoms with Crippen LogP contribution < -0.4 is 11.4 Å². The second-order valence-corrected chi connectivity index (χ2v) is 6.68. The number of nitrogens with zero attached hydrogens (tertiary/aromatic N) is 2. The molecular weight excluding hydrogens is 394 g/mol. The van der Waals surface area contributed by atoms with Crippen LogP contribution in [0.15, 0.2) is 47.4 Å². The van der Waals surface area contributed by atoms with Crippen LogP contribution in [0.25, 0.3) is 6.08 Å². The van der Waals surface area contributed by atoms with Crippen molar-refractivity contribution in [3.05, 3.63) is 64.2 Å². The van der Waals surface area contributed by atoms with Crippen molar-refractivity contribution in [2.45, 2.75) is 24.4 Å². The normalized spacial score (nSPS) is 23.6. The van der Waals surface area contributed by atoms with Gasteiger partial charge in [-0.3, -0.25) is 9.36 Å². The van der Waals surface area contributed by atoms with Gasteiger partial charge in [0.05, 0.1) is 19.8 Å². The Labute approximate surface area is 171 Å². The van der Waals surface area contributed by atoms with E-state index in [2.05, 4.69) is 9.72 Å². The molecule has 3 rings (SSSR count). The monoisotopic (exact) mass is 415 g/mol. The molecule has 2 heterocycles. The molecule has 0 radical (unpaired) electrons. The number of hydrogen-bond donors (Lipinski definition) is 3. The maximum absolute atomic E-state index is 13.4. The number of aromatic nitrogens is 2. The zero-order valence-corrected chi connectivity index (χ0v) is 16.1. The third-order valence-corrected chi connectivity index (χ3v) is 4.81. The zero-order valence-electron chi connectivity index (χ0n) is 16.1. The number of rotatable bonds is 6. The van der Waals surface area contributed by atoms with Gasteiger partial charge < -0.3 is 25.4 Å². The van der Waals surface area contributed by atoms with Gasteiger partial charge in [0, 0.05) is 29.8 Å². The van der Waals surface area contributed by atoms with Gasteiger partial charge >= 0.3 is 11.7 Å². The predicted octanol–water partition coefficient (Wildman–Crippen LogP) is -0.310. The third kappa shape index (κ3) is 3.88.